The molecule has 0 radical (unpaired) electrons. The highest BCUT2D eigenvalue weighted by molar-refractivity contribution is 7.18. The van der Waals surface area contributed by atoms with Crippen LogP contribution in [0.15, 0.2) is 30.3 Å². The number of nitrogens with one attached hydrogen (secondary N) is 1. The van der Waals surface area contributed by atoms with Crippen molar-refractivity contribution in [3.8, 4) is 0 Å². The number of rotatable bonds is 4. The summed E-state index contributed by atoms with van der Waals surface area (Å²) in [6.45, 7) is 4.59. The van der Waals surface area contributed by atoms with E-state index in [1.54, 1.807) is 17.4 Å². The normalized spacial score (nSPS) is 11.0. The number of thiophene rings is 1. The molecule has 21 heavy (non-hydrogen) atoms. The van der Waals surface area contributed by atoms with Crippen LogP contribution in [0.4, 0.5) is 10.2 Å². The van der Waals surface area contributed by atoms with Crippen LogP contribution in [0.1, 0.15) is 16.3 Å². The van der Waals surface area contributed by atoms with Gasteiger partial charge < -0.3 is 5.32 Å². The molecule has 0 aliphatic rings. The molecule has 0 aliphatic heterocycles. The van der Waals surface area contributed by atoms with Crippen molar-refractivity contribution < 1.29 is 4.39 Å². The highest BCUT2D eigenvalue weighted by atomic mass is 32.1. The predicted molar refractivity (Wildman–Crippen MR) is 85.5 cm³/mol. The summed E-state index contributed by atoms with van der Waals surface area (Å²) in [6, 6.07) is 8.95. The molecule has 0 bridgehead atoms. The first kappa shape index (κ1) is 13.9. The van der Waals surface area contributed by atoms with E-state index in [9.17, 15) is 4.39 Å². The number of nitrogens with zero attached hydrogens (tertiary/aromatic N) is 2. The maximum absolute atomic E-state index is 13.6. The summed E-state index contributed by atoms with van der Waals surface area (Å²) in [6.07, 6.45) is 0.625. The van der Waals surface area contributed by atoms with Crippen LogP contribution in [0.2, 0.25) is 0 Å². The summed E-state index contributed by atoms with van der Waals surface area (Å²) in [5, 5.41) is 4.34. The Kier molecular flexibility index (Phi) is 3.84. The van der Waals surface area contributed by atoms with Gasteiger partial charge in [-0.25, -0.2) is 14.4 Å². The van der Waals surface area contributed by atoms with Gasteiger partial charge in [0.1, 0.15) is 22.3 Å². The Morgan fingerprint density at radius 2 is 2.00 bits per heavy atom. The van der Waals surface area contributed by atoms with Gasteiger partial charge in [-0.15, -0.1) is 11.3 Å². The average molecular weight is 301 g/mol. The molecule has 1 N–H and O–H groups in total. The molecule has 0 amide bonds. The second-order valence-corrected chi connectivity index (χ2v) is 6.20. The summed E-state index contributed by atoms with van der Waals surface area (Å²) in [5.74, 6) is 1.42. The van der Waals surface area contributed by atoms with E-state index in [1.807, 2.05) is 19.1 Å². The van der Waals surface area contributed by atoms with E-state index in [-0.39, 0.29) is 5.82 Å². The highest BCUT2D eigenvalue weighted by Crippen LogP contribution is 2.28. The predicted octanol–water partition coefficient (Wildman–Crippen LogP) is 4.10. The first-order valence-electron chi connectivity index (χ1n) is 6.85. The van der Waals surface area contributed by atoms with Gasteiger partial charge >= 0.3 is 0 Å². The summed E-state index contributed by atoms with van der Waals surface area (Å²) in [7, 11) is 0. The van der Waals surface area contributed by atoms with Gasteiger partial charge in [-0.1, -0.05) is 18.2 Å². The minimum atomic E-state index is -0.158. The molecule has 0 fully saturated rings. The molecule has 3 rings (SSSR count). The number of halogens is 1. The maximum atomic E-state index is 13.6. The number of hydrogen-bond donors (Lipinski definition) is 1. The maximum Gasteiger partial charge on any atom is 0.138 e. The van der Waals surface area contributed by atoms with Crippen molar-refractivity contribution in [2.24, 2.45) is 0 Å². The zero-order chi connectivity index (χ0) is 14.8. The molecule has 3 nitrogen and oxygen atoms in total. The number of aryl methyl sites for hydroxylation is 2. The van der Waals surface area contributed by atoms with Gasteiger partial charge in [0, 0.05) is 11.4 Å². The number of aromatic nitrogens is 2. The molecule has 5 heteroatoms. The zero-order valence-electron chi connectivity index (χ0n) is 12.0. The molecule has 0 saturated carbocycles. The second-order valence-electron chi connectivity index (χ2n) is 4.96. The lowest BCUT2D eigenvalue weighted by Crippen LogP contribution is -2.08. The number of benzene rings is 1. The van der Waals surface area contributed by atoms with Crippen molar-refractivity contribution in [3.05, 3.63) is 52.4 Å². The number of hydrogen-bond acceptors (Lipinski definition) is 4. The van der Waals surface area contributed by atoms with Crippen molar-refractivity contribution in [2.75, 3.05) is 11.9 Å². The van der Waals surface area contributed by atoms with Crippen molar-refractivity contribution in [3.63, 3.8) is 0 Å². The van der Waals surface area contributed by atoms with Crippen LogP contribution < -0.4 is 5.32 Å². The molecule has 2 aromatic heterocycles. The molecule has 0 aliphatic carbocycles. The lowest BCUT2D eigenvalue weighted by Gasteiger charge is -2.08. The molecule has 3 aromatic rings. The first-order chi connectivity index (χ1) is 10.1. The largest absolute Gasteiger partial charge is 0.369 e. The van der Waals surface area contributed by atoms with E-state index in [0.29, 0.717) is 18.5 Å². The fraction of sp³-hybridized carbons (Fsp3) is 0.250. The van der Waals surface area contributed by atoms with Crippen molar-refractivity contribution in [1.82, 2.24) is 9.97 Å². The third-order valence-electron chi connectivity index (χ3n) is 3.27. The van der Waals surface area contributed by atoms with Crippen LogP contribution in [0.3, 0.4) is 0 Å². The van der Waals surface area contributed by atoms with Crippen LogP contribution >= 0.6 is 11.3 Å². The van der Waals surface area contributed by atoms with Crippen molar-refractivity contribution >= 4 is 27.4 Å². The summed E-state index contributed by atoms with van der Waals surface area (Å²) >= 11 is 1.66. The number of anilines is 1. The Morgan fingerprint density at radius 1 is 1.19 bits per heavy atom. The van der Waals surface area contributed by atoms with Gasteiger partial charge in [-0.3, -0.25) is 0 Å². The van der Waals surface area contributed by atoms with E-state index in [2.05, 4.69) is 28.3 Å². The number of fused-ring (bicyclic) bond motifs is 1. The smallest absolute Gasteiger partial charge is 0.138 e. The van der Waals surface area contributed by atoms with Gasteiger partial charge in [-0.2, -0.15) is 0 Å². The third-order valence-corrected chi connectivity index (χ3v) is 4.22. The van der Waals surface area contributed by atoms with Crippen LogP contribution in [0, 0.1) is 19.7 Å². The Morgan fingerprint density at radius 3 is 2.81 bits per heavy atom. The zero-order valence-corrected chi connectivity index (χ0v) is 12.8. The fourth-order valence-corrected chi connectivity index (χ4v) is 3.23. The van der Waals surface area contributed by atoms with E-state index >= 15 is 0 Å². The van der Waals surface area contributed by atoms with Crippen molar-refractivity contribution in [2.45, 2.75) is 20.3 Å². The van der Waals surface area contributed by atoms with E-state index in [0.717, 1.165) is 21.9 Å². The van der Waals surface area contributed by atoms with Crippen LogP contribution in [-0.2, 0) is 6.42 Å². The standard InChI is InChI=1S/C16H16FN3S/c1-10-9-13-15(19-11(2)20-16(13)21-10)18-8-7-12-5-3-4-6-14(12)17/h3-6,9H,7-8H2,1-2H3,(H,18,19,20). The average Bonchev–Trinajstić information content (AvgIpc) is 2.81. The molecule has 0 spiro atoms. The highest BCUT2D eigenvalue weighted by Gasteiger charge is 2.09. The quantitative estimate of drug-likeness (QED) is 0.788. The lowest BCUT2D eigenvalue weighted by molar-refractivity contribution is 0.610. The molecule has 0 unspecified atom stereocenters. The Balaban J connectivity index is 1.78. The first-order valence-corrected chi connectivity index (χ1v) is 7.67. The Labute approximate surface area is 126 Å². The second kappa shape index (κ2) is 5.77. The minimum Gasteiger partial charge on any atom is -0.369 e. The molecular weight excluding hydrogens is 285 g/mol. The van der Waals surface area contributed by atoms with Crippen LogP contribution in [0.25, 0.3) is 10.2 Å². The summed E-state index contributed by atoms with van der Waals surface area (Å²) in [4.78, 5) is 11.1. The summed E-state index contributed by atoms with van der Waals surface area (Å²) < 4.78 is 13.6. The van der Waals surface area contributed by atoms with E-state index in [1.165, 1.54) is 10.9 Å². The molecule has 1 aromatic carbocycles. The van der Waals surface area contributed by atoms with Gasteiger partial charge in [0.25, 0.3) is 0 Å². The molecule has 0 saturated heterocycles. The molecule has 2 heterocycles. The van der Waals surface area contributed by atoms with Crippen LogP contribution in [-0.4, -0.2) is 16.5 Å². The minimum absolute atomic E-state index is 0.158. The fourth-order valence-electron chi connectivity index (χ4n) is 2.30. The van der Waals surface area contributed by atoms with Gasteiger partial charge in [0.2, 0.25) is 0 Å². The molecule has 0 atom stereocenters. The summed E-state index contributed by atoms with van der Waals surface area (Å²) in [5.41, 5.74) is 0.716. The van der Waals surface area contributed by atoms with Crippen LogP contribution in [0.5, 0.6) is 0 Å². The van der Waals surface area contributed by atoms with Crippen molar-refractivity contribution in [1.29, 1.82) is 0 Å². The SMILES string of the molecule is Cc1nc(NCCc2ccccc2F)c2cc(C)sc2n1. The third kappa shape index (κ3) is 3.03. The van der Waals surface area contributed by atoms with E-state index in [4.69, 9.17) is 0 Å². The lowest BCUT2D eigenvalue weighted by atomic mass is 10.1. The Hall–Kier alpha value is -2.01. The topological polar surface area (TPSA) is 37.8 Å². The van der Waals surface area contributed by atoms with Gasteiger partial charge in [0.15, 0.2) is 0 Å². The molecule has 108 valence electrons. The monoisotopic (exact) mass is 301 g/mol. The molecular formula is C16H16FN3S. The van der Waals surface area contributed by atoms with E-state index < -0.39 is 0 Å². The van der Waals surface area contributed by atoms with Gasteiger partial charge in [0.05, 0.1) is 5.39 Å². The Bertz CT molecular complexity index is 782. The van der Waals surface area contributed by atoms with Gasteiger partial charge in [-0.05, 0) is 38.0 Å².